The van der Waals surface area contributed by atoms with E-state index < -0.39 is 37.4 Å². The number of likely N-dealkylation sites (tertiary alicyclic amines) is 1. The van der Waals surface area contributed by atoms with E-state index in [4.69, 9.17) is 34.8 Å². The van der Waals surface area contributed by atoms with Gasteiger partial charge in [-0.1, -0.05) is 62.9 Å². The topological polar surface area (TPSA) is 32.3 Å². The molecule has 1 fully saturated rings. The molecule has 1 N–H and O–H groups in total. The molecule has 0 aliphatic carbocycles. The molecule has 1 aliphatic rings. The molecular weight excluding hydrogens is 633 g/mol. The summed E-state index contributed by atoms with van der Waals surface area (Å²) >= 11 is 21.6. The second-order valence-corrected chi connectivity index (χ2v) is 10.5. The number of nitrogens with one attached hydrogen (secondary N) is 1. The molecule has 2 aromatic carbocycles. The van der Waals surface area contributed by atoms with Crippen molar-refractivity contribution in [3.8, 4) is 0 Å². The van der Waals surface area contributed by atoms with Gasteiger partial charge in [0.15, 0.2) is 0 Å². The number of allylic oxidation sites excluding steroid dienone is 1. The lowest BCUT2D eigenvalue weighted by atomic mass is 9.92. The minimum absolute atomic E-state index is 0.00814. The third kappa shape index (κ3) is 8.26. The Morgan fingerprint density at radius 1 is 1.05 bits per heavy atom. The SMILES string of the molecule is O=C(NC1CCCCN1CC(F)(F)F)c1cccc(Br)c1/C(=C/CC(F)(F)F)c1cc(Cl)c(Cl)c(Cl)c1. The molecule has 2 aromatic rings. The smallest absolute Gasteiger partial charge is 0.336 e. The van der Waals surface area contributed by atoms with Gasteiger partial charge >= 0.3 is 12.4 Å². The molecule has 0 saturated carbocycles. The van der Waals surface area contributed by atoms with Crippen LogP contribution in [-0.4, -0.2) is 42.4 Å². The summed E-state index contributed by atoms with van der Waals surface area (Å²) in [5.41, 5.74) is 0.214. The molecule has 3 nitrogen and oxygen atoms in total. The minimum atomic E-state index is -4.56. The van der Waals surface area contributed by atoms with Gasteiger partial charge in [0.1, 0.15) is 0 Å². The van der Waals surface area contributed by atoms with Crippen LogP contribution in [0.2, 0.25) is 15.1 Å². The van der Waals surface area contributed by atoms with Crippen LogP contribution >= 0.6 is 50.7 Å². The summed E-state index contributed by atoms with van der Waals surface area (Å²) in [4.78, 5) is 14.5. The Morgan fingerprint density at radius 3 is 2.30 bits per heavy atom. The lowest BCUT2D eigenvalue weighted by molar-refractivity contribution is -0.154. The van der Waals surface area contributed by atoms with E-state index >= 15 is 0 Å². The van der Waals surface area contributed by atoms with E-state index in [1.54, 1.807) is 0 Å². The minimum Gasteiger partial charge on any atom is -0.336 e. The van der Waals surface area contributed by atoms with Gasteiger partial charge < -0.3 is 5.32 Å². The van der Waals surface area contributed by atoms with Gasteiger partial charge in [0.25, 0.3) is 5.91 Å². The van der Waals surface area contributed by atoms with Crippen LogP contribution in [0, 0.1) is 0 Å². The summed E-state index contributed by atoms with van der Waals surface area (Å²) in [6.07, 6.45) is -8.89. The number of piperidine rings is 1. The average Bonchev–Trinajstić information content (AvgIpc) is 2.78. The highest BCUT2D eigenvalue weighted by Crippen LogP contribution is 2.39. The van der Waals surface area contributed by atoms with Crippen LogP contribution < -0.4 is 5.32 Å². The van der Waals surface area contributed by atoms with Gasteiger partial charge in [-0.05, 0) is 54.7 Å². The van der Waals surface area contributed by atoms with Gasteiger partial charge in [-0.3, -0.25) is 9.69 Å². The van der Waals surface area contributed by atoms with Crippen LogP contribution in [0.1, 0.15) is 47.2 Å². The van der Waals surface area contributed by atoms with Crippen LogP contribution in [0.5, 0.6) is 0 Å². The van der Waals surface area contributed by atoms with Crippen molar-refractivity contribution < 1.29 is 31.1 Å². The van der Waals surface area contributed by atoms with Crippen molar-refractivity contribution in [2.24, 2.45) is 0 Å². The van der Waals surface area contributed by atoms with E-state index in [0.717, 1.165) is 11.0 Å². The van der Waals surface area contributed by atoms with Crippen LogP contribution in [0.15, 0.2) is 40.9 Å². The Labute approximate surface area is 232 Å². The number of halogens is 10. The van der Waals surface area contributed by atoms with Crippen molar-refractivity contribution in [2.75, 3.05) is 13.1 Å². The third-order valence-electron chi connectivity index (χ3n) is 5.65. The summed E-state index contributed by atoms with van der Waals surface area (Å²) in [5.74, 6) is -0.737. The lowest BCUT2D eigenvalue weighted by Gasteiger charge is -2.36. The standard InChI is InChI=1S/C24H20BrCl3F6N2O/c25-16-5-3-4-15(22(37)35-19-6-1-2-9-36(19)12-24(32,33)34)20(16)14(7-8-23(29,30)31)13-10-17(26)21(28)18(27)11-13/h3-5,7,10-11,19H,1-2,6,8-9,12H2,(H,35,37)/b14-7+. The van der Waals surface area contributed by atoms with E-state index in [1.807, 2.05) is 0 Å². The van der Waals surface area contributed by atoms with Crippen molar-refractivity contribution in [1.29, 1.82) is 0 Å². The second kappa shape index (κ2) is 12.2. The maximum absolute atomic E-state index is 13.4. The zero-order valence-electron chi connectivity index (χ0n) is 18.9. The van der Waals surface area contributed by atoms with Gasteiger partial charge in [0, 0.05) is 22.1 Å². The van der Waals surface area contributed by atoms with Crippen molar-refractivity contribution in [3.63, 3.8) is 0 Å². The molecule has 1 heterocycles. The molecule has 0 spiro atoms. The first-order valence-corrected chi connectivity index (χ1v) is 12.9. The molecule has 1 amide bonds. The van der Waals surface area contributed by atoms with E-state index in [-0.39, 0.29) is 48.3 Å². The molecule has 1 aliphatic heterocycles. The predicted molar refractivity (Wildman–Crippen MR) is 136 cm³/mol. The Bertz CT molecular complexity index is 1160. The first-order chi connectivity index (χ1) is 17.2. The van der Waals surface area contributed by atoms with E-state index in [1.165, 1.54) is 30.3 Å². The van der Waals surface area contributed by atoms with Gasteiger partial charge in [-0.15, -0.1) is 0 Å². The Hall–Kier alpha value is -1.46. The highest BCUT2D eigenvalue weighted by Gasteiger charge is 2.36. The molecule has 3 rings (SSSR count). The van der Waals surface area contributed by atoms with Crippen molar-refractivity contribution in [3.05, 3.63) is 72.6 Å². The van der Waals surface area contributed by atoms with Gasteiger partial charge in [0.2, 0.25) is 0 Å². The molecule has 202 valence electrons. The maximum Gasteiger partial charge on any atom is 0.401 e. The molecule has 0 aromatic heterocycles. The van der Waals surface area contributed by atoms with Gasteiger partial charge in [0.05, 0.1) is 34.2 Å². The Morgan fingerprint density at radius 2 is 1.70 bits per heavy atom. The fraction of sp³-hybridized carbons (Fsp3) is 0.375. The van der Waals surface area contributed by atoms with Crippen molar-refractivity contribution in [1.82, 2.24) is 10.2 Å². The zero-order chi connectivity index (χ0) is 27.5. The molecule has 0 bridgehead atoms. The maximum atomic E-state index is 13.4. The normalized spacial score (nSPS) is 17.7. The first kappa shape index (κ1) is 30.1. The molecule has 1 saturated heterocycles. The van der Waals surface area contributed by atoms with Gasteiger partial charge in [-0.2, -0.15) is 26.3 Å². The summed E-state index contributed by atoms with van der Waals surface area (Å²) in [6.45, 7) is -1.05. The van der Waals surface area contributed by atoms with Crippen LogP contribution in [0.3, 0.4) is 0 Å². The third-order valence-corrected chi connectivity index (χ3v) is 7.51. The fourth-order valence-electron chi connectivity index (χ4n) is 4.08. The second-order valence-electron chi connectivity index (χ2n) is 8.42. The number of rotatable bonds is 6. The van der Waals surface area contributed by atoms with E-state index in [9.17, 15) is 31.1 Å². The number of alkyl halides is 6. The molecular formula is C24H20BrCl3F6N2O. The van der Waals surface area contributed by atoms with E-state index in [0.29, 0.717) is 19.3 Å². The number of benzene rings is 2. The predicted octanol–water partition coefficient (Wildman–Crippen LogP) is 8.90. The summed E-state index contributed by atoms with van der Waals surface area (Å²) in [6, 6.07) is 7.06. The molecule has 0 radical (unpaired) electrons. The largest absolute Gasteiger partial charge is 0.401 e. The summed E-state index contributed by atoms with van der Waals surface area (Å²) in [5, 5.41) is 2.62. The van der Waals surface area contributed by atoms with Crippen LogP contribution in [-0.2, 0) is 0 Å². The molecule has 1 unspecified atom stereocenters. The van der Waals surface area contributed by atoms with Crippen LogP contribution in [0.25, 0.3) is 5.57 Å². The monoisotopic (exact) mass is 650 g/mol. The highest BCUT2D eigenvalue weighted by molar-refractivity contribution is 9.10. The quantitative estimate of drug-likeness (QED) is 0.250. The average molecular weight is 653 g/mol. The zero-order valence-corrected chi connectivity index (χ0v) is 22.8. The summed E-state index contributed by atoms with van der Waals surface area (Å²) in [7, 11) is 0. The van der Waals surface area contributed by atoms with Crippen LogP contribution in [0.4, 0.5) is 26.3 Å². The Kier molecular flexibility index (Phi) is 9.88. The lowest BCUT2D eigenvalue weighted by Crippen LogP contribution is -2.53. The summed E-state index contributed by atoms with van der Waals surface area (Å²) < 4.78 is 79.1. The number of nitrogens with zero attached hydrogens (tertiary/aromatic N) is 1. The number of amides is 1. The number of hydrogen-bond acceptors (Lipinski definition) is 2. The van der Waals surface area contributed by atoms with E-state index in [2.05, 4.69) is 21.2 Å². The van der Waals surface area contributed by atoms with Gasteiger partial charge in [-0.25, -0.2) is 0 Å². The number of carbonyl (C=O) groups excluding carboxylic acids is 1. The molecule has 13 heteroatoms. The fourth-order valence-corrected chi connectivity index (χ4v) is 5.26. The number of carbonyl (C=O) groups is 1. The molecule has 37 heavy (non-hydrogen) atoms. The molecule has 1 atom stereocenters. The van der Waals surface area contributed by atoms with Crippen molar-refractivity contribution >= 4 is 62.2 Å². The highest BCUT2D eigenvalue weighted by atomic mass is 79.9. The number of hydrogen-bond donors (Lipinski definition) is 1. The van der Waals surface area contributed by atoms with Crippen molar-refractivity contribution in [2.45, 2.75) is 44.2 Å². The Balaban J connectivity index is 2.07. The first-order valence-electron chi connectivity index (χ1n) is 11.0.